The highest BCUT2D eigenvalue weighted by Gasteiger charge is 2.39. The Morgan fingerprint density at radius 2 is 1.75 bits per heavy atom. The van der Waals surface area contributed by atoms with E-state index >= 15 is 0 Å². The number of carbonyl (C=O) groups excluding carboxylic acids is 1. The Labute approximate surface area is 95.6 Å². The van der Waals surface area contributed by atoms with Gasteiger partial charge in [-0.05, 0) is 5.41 Å². The lowest BCUT2D eigenvalue weighted by Gasteiger charge is -2.23. The molecule has 4 nitrogen and oxygen atoms in total. The minimum absolute atomic E-state index is 0.433. The van der Waals surface area contributed by atoms with E-state index in [0.29, 0.717) is 0 Å². The van der Waals surface area contributed by atoms with Crippen molar-refractivity contribution in [2.24, 2.45) is 5.41 Å². The van der Waals surface area contributed by atoms with Crippen molar-refractivity contribution >= 4 is 25.6 Å². The van der Waals surface area contributed by atoms with Crippen molar-refractivity contribution in [2.45, 2.75) is 20.0 Å². The van der Waals surface area contributed by atoms with Gasteiger partial charge in [-0.15, -0.1) is 0 Å². The van der Waals surface area contributed by atoms with Crippen molar-refractivity contribution in [1.82, 2.24) is 5.32 Å². The number of hydrogen-bond acceptors (Lipinski definition) is 3. The van der Waals surface area contributed by atoms with Gasteiger partial charge in [0.1, 0.15) is 0 Å². The summed E-state index contributed by atoms with van der Waals surface area (Å²) in [6.45, 7) is 2.32. The van der Waals surface area contributed by atoms with Gasteiger partial charge in [0, 0.05) is 17.2 Å². The SMILES string of the molecule is CC(C)(CNC(=O)C(F)(F)F)CS(=O)(=O)Cl. The zero-order valence-electron chi connectivity index (χ0n) is 8.56. The molecule has 16 heavy (non-hydrogen) atoms. The lowest BCUT2D eigenvalue weighted by Crippen LogP contribution is -2.43. The van der Waals surface area contributed by atoms with Gasteiger partial charge in [-0.1, -0.05) is 13.8 Å². The van der Waals surface area contributed by atoms with E-state index in [9.17, 15) is 26.4 Å². The molecule has 0 aromatic heterocycles. The summed E-state index contributed by atoms with van der Waals surface area (Å²) in [6, 6.07) is 0. The monoisotopic (exact) mass is 281 g/mol. The number of rotatable bonds is 4. The third-order valence-electron chi connectivity index (χ3n) is 1.55. The van der Waals surface area contributed by atoms with Crippen LogP contribution >= 0.6 is 10.7 Å². The van der Waals surface area contributed by atoms with Crippen LogP contribution in [-0.2, 0) is 13.8 Å². The van der Waals surface area contributed by atoms with Gasteiger partial charge in [-0.25, -0.2) is 8.42 Å². The van der Waals surface area contributed by atoms with E-state index in [-0.39, 0.29) is 0 Å². The van der Waals surface area contributed by atoms with Gasteiger partial charge in [-0.2, -0.15) is 13.2 Å². The van der Waals surface area contributed by atoms with E-state index in [1.165, 1.54) is 13.8 Å². The summed E-state index contributed by atoms with van der Waals surface area (Å²) in [7, 11) is 1.13. The number of alkyl halides is 3. The van der Waals surface area contributed by atoms with Crippen LogP contribution in [0.25, 0.3) is 0 Å². The van der Waals surface area contributed by atoms with E-state index in [4.69, 9.17) is 10.7 Å². The molecule has 0 spiro atoms. The third-order valence-corrected chi connectivity index (χ3v) is 3.00. The zero-order valence-corrected chi connectivity index (χ0v) is 10.1. The Balaban J connectivity index is 4.36. The van der Waals surface area contributed by atoms with Gasteiger partial charge >= 0.3 is 12.1 Å². The second-order valence-corrected chi connectivity index (χ2v) is 6.80. The van der Waals surface area contributed by atoms with Crippen molar-refractivity contribution in [3.05, 3.63) is 0 Å². The first-order chi connectivity index (χ1) is 6.83. The molecule has 1 N–H and O–H groups in total. The highest BCUT2D eigenvalue weighted by molar-refractivity contribution is 8.13. The molecule has 0 atom stereocenters. The maximum Gasteiger partial charge on any atom is 0.471 e. The van der Waals surface area contributed by atoms with E-state index in [1.807, 2.05) is 0 Å². The smallest absolute Gasteiger partial charge is 0.348 e. The van der Waals surface area contributed by atoms with Gasteiger partial charge in [0.25, 0.3) is 0 Å². The Hall–Kier alpha value is -0.500. The van der Waals surface area contributed by atoms with Gasteiger partial charge in [-0.3, -0.25) is 4.79 Å². The second kappa shape index (κ2) is 4.79. The number of hydrogen-bond donors (Lipinski definition) is 1. The molecule has 0 aliphatic heterocycles. The molecular formula is C7H11ClF3NO3S. The average Bonchev–Trinajstić information content (AvgIpc) is 1.93. The molecule has 0 radical (unpaired) electrons. The molecule has 0 fully saturated rings. The quantitative estimate of drug-likeness (QED) is 0.789. The number of halogens is 4. The molecule has 0 saturated heterocycles. The van der Waals surface area contributed by atoms with Gasteiger partial charge in [0.05, 0.1) is 5.75 Å². The van der Waals surface area contributed by atoms with E-state index < -0.39 is 38.8 Å². The maximum absolute atomic E-state index is 11.8. The molecule has 1 amide bonds. The summed E-state index contributed by atoms with van der Waals surface area (Å²) in [4.78, 5) is 10.5. The summed E-state index contributed by atoms with van der Waals surface area (Å²) in [5, 5.41) is 1.60. The molecule has 9 heteroatoms. The molecule has 0 rings (SSSR count). The summed E-state index contributed by atoms with van der Waals surface area (Å²) >= 11 is 0. The first-order valence-electron chi connectivity index (χ1n) is 4.11. The predicted molar refractivity (Wildman–Crippen MR) is 52.5 cm³/mol. The Morgan fingerprint density at radius 1 is 1.31 bits per heavy atom. The number of nitrogens with one attached hydrogen (secondary N) is 1. The van der Waals surface area contributed by atoms with Crippen molar-refractivity contribution in [3.8, 4) is 0 Å². The molecule has 0 aromatic rings. The highest BCUT2D eigenvalue weighted by atomic mass is 35.7. The number of amides is 1. The lowest BCUT2D eigenvalue weighted by atomic mass is 9.96. The maximum atomic E-state index is 11.8. The van der Waals surface area contributed by atoms with Crippen molar-refractivity contribution in [1.29, 1.82) is 0 Å². The van der Waals surface area contributed by atoms with E-state index in [2.05, 4.69) is 0 Å². The van der Waals surface area contributed by atoms with Crippen LogP contribution in [0.4, 0.5) is 13.2 Å². The summed E-state index contributed by atoms with van der Waals surface area (Å²) in [5.74, 6) is -2.63. The van der Waals surface area contributed by atoms with Crippen LogP contribution in [0.1, 0.15) is 13.8 Å². The van der Waals surface area contributed by atoms with Gasteiger partial charge < -0.3 is 5.32 Å². The molecule has 0 aromatic carbocycles. The first-order valence-corrected chi connectivity index (χ1v) is 6.59. The average molecular weight is 282 g/mol. The fourth-order valence-electron chi connectivity index (χ4n) is 0.938. The summed E-state index contributed by atoms with van der Waals surface area (Å²) in [5.41, 5.74) is -1.07. The van der Waals surface area contributed by atoms with Crippen molar-refractivity contribution in [3.63, 3.8) is 0 Å². The summed E-state index contributed by atoms with van der Waals surface area (Å²) in [6.07, 6.45) is -4.98. The minimum Gasteiger partial charge on any atom is -0.348 e. The summed E-state index contributed by atoms with van der Waals surface area (Å²) < 4.78 is 56.9. The largest absolute Gasteiger partial charge is 0.471 e. The Morgan fingerprint density at radius 3 is 2.06 bits per heavy atom. The van der Waals surface area contributed by atoms with Crippen LogP contribution in [-0.4, -0.2) is 32.8 Å². The van der Waals surface area contributed by atoms with Crippen LogP contribution in [0.3, 0.4) is 0 Å². The topological polar surface area (TPSA) is 63.2 Å². The molecule has 0 aliphatic carbocycles. The molecular weight excluding hydrogens is 271 g/mol. The highest BCUT2D eigenvalue weighted by Crippen LogP contribution is 2.20. The van der Waals surface area contributed by atoms with Crippen LogP contribution in [0.2, 0.25) is 0 Å². The van der Waals surface area contributed by atoms with Crippen LogP contribution < -0.4 is 5.32 Å². The van der Waals surface area contributed by atoms with Gasteiger partial charge in [0.2, 0.25) is 9.05 Å². The fraction of sp³-hybridized carbons (Fsp3) is 0.857. The molecule has 0 saturated carbocycles. The molecule has 0 bridgehead atoms. The zero-order chi connectivity index (χ0) is 13.2. The van der Waals surface area contributed by atoms with Crippen molar-refractivity contribution < 1.29 is 26.4 Å². The first kappa shape index (κ1) is 15.5. The van der Waals surface area contributed by atoms with E-state index in [0.717, 1.165) is 0 Å². The Kier molecular flexibility index (Phi) is 4.64. The molecule has 0 unspecified atom stereocenters. The number of carbonyl (C=O) groups is 1. The van der Waals surface area contributed by atoms with Crippen LogP contribution in [0.15, 0.2) is 0 Å². The van der Waals surface area contributed by atoms with Gasteiger partial charge in [0.15, 0.2) is 0 Å². The standard InChI is InChI=1S/C7H11ClF3NO3S/c1-6(2,4-16(8,14)15)3-12-5(13)7(9,10)11/h3-4H2,1-2H3,(H,12,13). The fourth-order valence-corrected chi connectivity index (χ4v) is 2.86. The Bertz CT molecular complexity index is 364. The lowest BCUT2D eigenvalue weighted by molar-refractivity contribution is -0.173. The second-order valence-electron chi connectivity index (χ2n) is 4.03. The minimum atomic E-state index is -4.98. The third kappa shape index (κ3) is 6.89. The normalized spacial score (nSPS) is 13.6. The van der Waals surface area contributed by atoms with Crippen LogP contribution in [0, 0.1) is 5.41 Å². The van der Waals surface area contributed by atoms with Crippen molar-refractivity contribution in [2.75, 3.05) is 12.3 Å². The van der Waals surface area contributed by atoms with Crippen LogP contribution in [0.5, 0.6) is 0 Å². The molecule has 96 valence electrons. The van der Waals surface area contributed by atoms with E-state index in [1.54, 1.807) is 5.32 Å². The predicted octanol–water partition coefficient (Wildman–Crippen LogP) is 1.26. The molecule has 0 heterocycles. The molecule has 0 aliphatic rings.